The van der Waals surface area contributed by atoms with Crippen molar-refractivity contribution < 1.29 is 9.59 Å². The first-order chi connectivity index (χ1) is 10.1. The Morgan fingerprint density at radius 1 is 0.714 bits per heavy atom. The number of hydrogen-bond donors (Lipinski definition) is 0. The molecule has 0 bridgehead atoms. The molecule has 102 valence electrons. The van der Waals surface area contributed by atoms with Crippen LogP contribution >= 0.6 is 11.3 Å². The van der Waals surface area contributed by atoms with Gasteiger partial charge in [-0.05, 0) is 36.8 Å². The predicted octanol–water partition coefficient (Wildman–Crippen LogP) is 5.05. The second kappa shape index (κ2) is 4.12. The number of benzene rings is 3. The summed E-state index contributed by atoms with van der Waals surface area (Å²) in [4.78, 5) is 23.8. The van der Waals surface area contributed by atoms with E-state index < -0.39 is 0 Å². The van der Waals surface area contributed by atoms with Crippen molar-refractivity contribution in [3.63, 3.8) is 0 Å². The Kier molecular flexibility index (Phi) is 2.45. The molecule has 0 radical (unpaired) electrons. The van der Waals surface area contributed by atoms with Crippen LogP contribution in [0.25, 0.3) is 30.9 Å². The van der Waals surface area contributed by atoms with Crippen LogP contribution in [0, 0.1) is 0 Å². The Labute approximate surface area is 125 Å². The van der Waals surface area contributed by atoms with Crippen LogP contribution in [0.15, 0.2) is 36.4 Å². The molecule has 1 aromatic heterocycles. The summed E-state index contributed by atoms with van der Waals surface area (Å²) in [5, 5.41) is 4.47. The van der Waals surface area contributed by atoms with Crippen molar-refractivity contribution >= 4 is 53.8 Å². The van der Waals surface area contributed by atoms with Crippen LogP contribution in [0.1, 0.15) is 34.6 Å². The van der Waals surface area contributed by atoms with Crippen LogP contribution in [0.2, 0.25) is 0 Å². The van der Waals surface area contributed by atoms with Gasteiger partial charge >= 0.3 is 0 Å². The zero-order chi connectivity index (χ0) is 14.7. The van der Waals surface area contributed by atoms with E-state index in [1.807, 2.05) is 24.3 Å². The van der Waals surface area contributed by atoms with Crippen LogP contribution in [-0.2, 0) is 0 Å². The minimum Gasteiger partial charge on any atom is -0.294 e. The van der Waals surface area contributed by atoms with E-state index in [1.165, 1.54) is 0 Å². The number of Topliss-reactive ketones (excluding diaryl/α,β-unsaturated/α-hetero) is 2. The summed E-state index contributed by atoms with van der Waals surface area (Å²) in [7, 11) is 0. The predicted molar refractivity (Wildman–Crippen MR) is 88.0 cm³/mol. The molecule has 0 saturated heterocycles. The molecule has 0 atom stereocenters. The first-order valence-corrected chi connectivity index (χ1v) is 7.62. The average molecular weight is 292 g/mol. The molecular weight excluding hydrogens is 280 g/mol. The maximum absolute atomic E-state index is 11.9. The summed E-state index contributed by atoms with van der Waals surface area (Å²) in [6, 6.07) is 11.9. The van der Waals surface area contributed by atoms with E-state index in [9.17, 15) is 9.59 Å². The van der Waals surface area contributed by atoms with Gasteiger partial charge in [0.15, 0.2) is 11.6 Å². The average Bonchev–Trinajstić information content (AvgIpc) is 2.85. The second-order valence-electron chi connectivity index (χ2n) is 5.36. The lowest BCUT2D eigenvalue weighted by Crippen LogP contribution is -1.92. The fourth-order valence-electron chi connectivity index (χ4n) is 3.04. The van der Waals surface area contributed by atoms with Crippen LogP contribution in [0.3, 0.4) is 0 Å². The van der Waals surface area contributed by atoms with Gasteiger partial charge in [-0.2, -0.15) is 0 Å². The lowest BCUT2D eigenvalue weighted by atomic mass is 9.97. The molecule has 0 aliphatic carbocycles. The van der Waals surface area contributed by atoms with Crippen molar-refractivity contribution in [3.05, 3.63) is 47.5 Å². The van der Waals surface area contributed by atoms with E-state index in [4.69, 9.17) is 0 Å². The Bertz CT molecular complexity index is 957. The number of rotatable bonds is 2. The summed E-state index contributed by atoms with van der Waals surface area (Å²) in [5.41, 5.74) is 1.48. The van der Waals surface area contributed by atoms with E-state index in [1.54, 1.807) is 25.2 Å². The van der Waals surface area contributed by atoms with Crippen LogP contribution in [0.4, 0.5) is 0 Å². The van der Waals surface area contributed by atoms with Gasteiger partial charge in [0.2, 0.25) is 0 Å². The SMILES string of the molecule is CC(=O)c1ccc2ccc3ccc(C(C)=O)c4sc1c2c34. The fourth-order valence-corrected chi connectivity index (χ4v) is 4.53. The number of carbonyl (C=O) groups excluding carboxylic acids is 2. The molecule has 2 nitrogen and oxygen atoms in total. The molecule has 0 aliphatic heterocycles. The maximum atomic E-state index is 11.9. The summed E-state index contributed by atoms with van der Waals surface area (Å²) in [6.07, 6.45) is 0. The van der Waals surface area contributed by atoms with E-state index in [2.05, 4.69) is 12.1 Å². The quantitative estimate of drug-likeness (QED) is 0.382. The van der Waals surface area contributed by atoms with Gasteiger partial charge in [0.25, 0.3) is 0 Å². The maximum Gasteiger partial charge on any atom is 0.161 e. The van der Waals surface area contributed by atoms with Crippen LogP contribution in [0.5, 0.6) is 0 Å². The molecule has 1 heterocycles. The molecule has 0 saturated carbocycles. The normalized spacial score (nSPS) is 11.7. The minimum atomic E-state index is 0.0635. The van der Waals surface area contributed by atoms with E-state index in [-0.39, 0.29) is 11.6 Å². The monoisotopic (exact) mass is 292 g/mol. The van der Waals surface area contributed by atoms with Crippen molar-refractivity contribution in [2.45, 2.75) is 13.8 Å². The smallest absolute Gasteiger partial charge is 0.161 e. The van der Waals surface area contributed by atoms with Crippen molar-refractivity contribution in [2.24, 2.45) is 0 Å². The van der Waals surface area contributed by atoms with Crippen molar-refractivity contribution in [1.29, 1.82) is 0 Å². The zero-order valence-electron chi connectivity index (χ0n) is 11.7. The van der Waals surface area contributed by atoms with Crippen molar-refractivity contribution in [1.82, 2.24) is 0 Å². The van der Waals surface area contributed by atoms with Gasteiger partial charge in [0.05, 0.1) is 0 Å². The topological polar surface area (TPSA) is 34.1 Å². The van der Waals surface area contributed by atoms with Gasteiger partial charge in [-0.25, -0.2) is 0 Å². The molecule has 3 aromatic carbocycles. The second-order valence-corrected chi connectivity index (χ2v) is 6.38. The first-order valence-electron chi connectivity index (χ1n) is 6.80. The molecule has 3 heteroatoms. The van der Waals surface area contributed by atoms with Gasteiger partial charge in [-0.1, -0.05) is 24.3 Å². The van der Waals surface area contributed by atoms with Gasteiger partial charge < -0.3 is 0 Å². The summed E-state index contributed by atoms with van der Waals surface area (Å²) in [6.45, 7) is 3.18. The molecule has 0 amide bonds. The summed E-state index contributed by atoms with van der Waals surface area (Å²) >= 11 is 1.56. The minimum absolute atomic E-state index is 0.0635. The molecule has 21 heavy (non-hydrogen) atoms. The molecule has 4 rings (SSSR count). The third-order valence-corrected chi connectivity index (χ3v) is 5.29. The molecular formula is C18H12O2S. The zero-order valence-corrected chi connectivity index (χ0v) is 12.5. The highest BCUT2D eigenvalue weighted by Crippen LogP contribution is 2.43. The summed E-state index contributed by atoms with van der Waals surface area (Å²) < 4.78 is 1.99. The lowest BCUT2D eigenvalue weighted by molar-refractivity contribution is 0.101. The third kappa shape index (κ3) is 1.58. The Balaban J connectivity index is 2.34. The summed E-state index contributed by atoms with van der Waals surface area (Å²) in [5.74, 6) is 0.127. The van der Waals surface area contributed by atoms with Gasteiger partial charge in [0.1, 0.15) is 0 Å². The number of thiophene rings is 1. The number of ketones is 2. The standard InChI is InChI=1S/C18H12O2S/c1-9(19)13-7-5-11-3-4-12-6-8-14(10(2)20)18-16(12)15(11)17(13)21-18/h3-8H,1-2H3. The van der Waals surface area contributed by atoms with Gasteiger partial charge in [0, 0.05) is 31.3 Å². The molecule has 0 unspecified atom stereocenters. The van der Waals surface area contributed by atoms with Gasteiger partial charge in [-0.15, -0.1) is 11.3 Å². The van der Waals surface area contributed by atoms with Crippen molar-refractivity contribution in [3.8, 4) is 0 Å². The van der Waals surface area contributed by atoms with Crippen LogP contribution in [-0.4, -0.2) is 11.6 Å². The lowest BCUT2D eigenvalue weighted by Gasteiger charge is -2.05. The Hall–Kier alpha value is -2.26. The molecule has 0 N–H and O–H groups in total. The van der Waals surface area contributed by atoms with Crippen LogP contribution < -0.4 is 0 Å². The number of hydrogen-bond acceptors (Lipinski definition) is 3. The van der Waals surface area contributed by atoms with Crippen molar-refractivity contribution in [2.75, 3.05) is 0 Å². The highest BCUT2D eigenvalue weighted by Gasteiger charge is 2.19. The molecule has 4 aromatic rings. The van der Waals surface area contributed by atoms with E-state index in [0.717, 1.165) is 42.1 Å². The van der Waals surface area contributed by atoms with E-state index >= 15 is 0 Å². The largest absolute Gasteiger partial charge is 0.294 e. The molecule has 0 fully saturated rings. The van der Waals surface area contributed by atoms with E-state index in [0.29, 0.717) is 0 Å². The third-order valence-electron chi connectivity index (χ3n) is 4.04. The van der Waals surface area contributed by atoms with Gasteiger partial charge in [-0.3, -0.25) is 9.59 Å². The molecule has 0 aliphatic rings. The highest BCUT2D eigenvalue weighted by molar-refractivity contribution is 7.26. The fraction of sp³-hybridized carbons (Fsp3) is 0.111. The number of carbonyl (C=O) groups is 2. The Morgan fingerprint density at radius 2 is 1.10 bits per heavy atom. The highest BCUT2D eigenvalue weighted by atomic mass is 32.1. The molecule has 0 spiro atoms. The first kappa shape index (κ1) is 12.5. The Morgan fingerprint density at radius 3 is 1.48 bits per heavy atom.